The smallest absolute Gasteiger partial charge is 0.143 e. The van der Waals surface area contributed by atoms with Crippen molar-refractivity contribution in [2.45, 2.75) is 0 Å². The summed E-state index contributed by atoms with van der Waals surface area (Å²) in [4.78, 5) is 0. The summed E-state index contributed by atoms with van der Waals surface area (Å²) in [6, 6.07) is 106. The summed E-state index contributed by atoms with van der Waals surface area (Å²) < 4.78 is 7.12. The molecule has 0 atom stereocenters. The lowest BCUT2D eigenvalue weighted by molar-refractivity contribution is 0.670. The zero-order valence-electron chi connectivity index (χ0n) is 42.1. The highest BCUT2D eigenvalue weighted by molar-refractivity contribution is 6.26. The van der Waals surface area contributed by atoms with Crippen LogP contribution in [0.2, 0.25) is 0 Å². The highest BCUT2D eigenvalue weighted by Crippen LogP contribution is 2.50. The van der Waals surface area contributed by atoms with Crippen LogP contribution in [0.5, 0.6) is 0 Å². The molecule has 15 rings (SSSR count). The van der Waals surface area contributed by atoms with Crippen molar-refractivity contribution in [3.63, 3.8) is 0 Å². The van der Waals surface area contributed by atoms with Crippen molar-refractivity contribution in [2.24, 2.45) is 0 Å². The number of hydrogen-bond acceptors (Lipinski definition) is 1. The van der Waals surface area contributed by atoms with Gasteiger partial charge in [-0.1, -0.05) is 243 Å². The maximum atomic E-state index is 7.12. The molecule has 0 aliphatic carbocycles. The fraction of sp³-hybridized carbons (Fsp3) is 0. The van der Waals surface area contributed by atoms with Gasteiger partial charge in [-0.25, -0.2) is 0 Å². The maximum absolute atomic E-state index is 7.12. The van der Waals surface area contributed by atoms with E-state index in [9.17, 15) is 0 Å². The van der Waals surface area contributed by atoms with E-state index >= 15 is 0 Å². The number of para-hydroxylation sites is 1. The first-order valence-corrected chi connectivity index (χ1v) is 26.6. The lowest BCUT2D eigenvalue weighted by Gasteiger charge is -2.19. The molecule has 0 bridgehead atoms. The summed E-state index contributed by atoms with van der Waals surface area (Å²) in [5.41, 5.74) is 20.8. The largest absolute Gasteiger partial charge is 0.455 e. The molecular formula is C76H48O. The molecule has 0 saturated carbocycles. The summed E-state index contributed by atoms with van der Waals surface area (Å²) in [5.74, 6) is 0. The summed E-state index contributed by atoms with van der Waals surface area (Å²) in [7, 11) is 0. The van der Waals surface area contributed by atoms with Crippen LogP contribution < -0.4 is 0 Å². The van der Waals surface area contributed by atoms with Gasteiger partial charge in [-0.15, -0.1) is 0 Å². The average Bonchev–Trinajstić information content (AvgIpc) is 3.99. The van der Waals surface area contributed by atoms with Gasteiger partial charge in [0.2, 0.25) is 0 Å². The fourth-order valence-corrected chi connectivity index (χ4v) is 12.4. The second-order valence-electron chi connectivity index (χ2n) is 20.2. The van der Waals surface area contributed by atoms with E-state index in [4.69, 9.17) is 4.42 Å². The minimum absolute atomic E-state index is 0.865. The molecule has 0 unspecified atom stereocenters. The lowest BCUT2D eigenvalue weighted by atomic mass is 9.84. The van der Waals surface area contributed by atoms with Crippen LogP contribution in [0, 0.1) is 0 Å². The Labute approximate surface area is 447 Å². The third-order valence-corrected chi connectivity index (χ3v) is 15.8. The molecule has 0 radical (unpaired) electrons. The molecule has 77 heavy (non-hydrogen) atoms. The second kappa shape index (κ2) is 18.4. The number of rotatable bonds is 8. The maximum Gasteiger partial charge on any atom is 0.143 e. The standard InChI is InChI=1S/C76H48O/c1-5-22-49(23-6-1)54-42-55(50-24-7-2-8-25-50)45-58(44-54)73-62-32-15-13-30-60(62)72(61-31-14-16-33-63(61)73)53-40-41-71-70(48-53)68-38-21-39-69(76(68)77-71)75-66-36-19-17-34-64(66)74(65-35-18-20-37-67(65)75)59-46-56(51-26-9-3-10-27-51)43-57(47-59)52-28-11-4-12-29-52/h1-48H. The van der Waals surface area contributed by atoms with Gasteiger partial charge in [0.15, 0.2) is 0 Å². The molecule has 0 saturated heterocycles. The molecule has 0 aliphatic rings. The van der Waals surface area contributed by atoms with E-state index in [2.05, 4.69) is 291 Å². The Hall–Kier alpha value is -10.1. The fourth-order valence-electron chi connectivity index (χ4n) is 12.4. The molecule has 1 heteroatoms. The molecule has 14 aromatic carbocycles. The van der Waals surface area contributed by atoms with E-state index in [0.29, 0.717) is 0 Å². The van der Waals surface area contributed by atoms with Gasteiger partial charge < -0.3 is 4.42 Å². The van der Waals surface area contributed by atoms with Gasteiger partial charge >= 0.3 is 0 Å². The molecular weight excluding hydrogens is 929 g/mol. The first-order valence-electron chi connectivity index (χ1n) is 26.6. The van der Waals surface area contributed by atoms with Crippen LogP contribution in [-0.4, -0.2) is 0 Å². The van der Waals surface area contributed by atoms with Crippen molar-refractivity contribution < 1.29 is 4.42 Å². The Morgan fingerprint density at radius 1 is 0.169 bits per heavy atom. The van der Waals surface area contributed by atoms with Crippen LogP contribution in [0.15, 0.2) is 296 Å². The van der Waals surface area contributed by atoms with Crippen molar-refractivity contribution in [3.05, 3.63) is 291 Å². The molecule has 15 aromatic rings. The van der Waals surface area contributed by atoms with Crippen LogP contribution in [0.1, 0.15) is 0 Å². The first-order chi connectivity index (χ1) is 38.2. The Balaban J connectivity index is 0.922. The van der Waals surface area contributed by atoms with Gasteiger partial charge in [-0.05, 0) is 170 Å². The van der Waals surface area contributed by atoms with Crippen molar-refractivity contribution >= 4 is 65.0 Å². The van der Waals surface area contributed by atoms with Crippen LogP contribution in [0.25, 0.3) is 154 Å². The summed E-state index contributed by atoms with van der Waals surface area (Å²) in [5, 5.41) is 11.8. The van der Waals surface area contributed by atoms with Crippen molar-refractivity contribution in [1.82, 2.24) is 0 Å². The summed E-state index contributed by atoms with van der Waals surface area (Å²) >= 11 is 0. The van der Waals surface area contributed by atoms with E-state index in [0.717, 1.165) is 33.1 Å². The van der Waals surface area contributed by atoms with Crippen molar-refractivity contribution in [1.29, 1.82) is 0 Å². The zero-order valence-corrected chi connectivity index (χ0v) is 42.1. The molecule has 358 valence electrons. The lowest BCUT2D eigenvalue weighted by Crippen LogP contribution is -1.92. The van der Waals surface area contributed by atoms with Gasteiger partial charge in [0.1, 0.15) is 11.2 Å². The average molecular weight is 977 g/mol. The van der Waals surface area contributed by atoms with Crippen molar-refractivity contribution in [2.75, 3.05) is 0 Å². The van der Waals surface area contributed by atoms with E-state index < -0.39 is 0 Å². The van der Waals surface area contributed by atoms with E-state index in [-0.39, 0.29) is 0 Å². The normalized spacial score (nSPS) is 11.6. The highest BCUT2D eigenvalue weighted by atomic mass is 16.3. The van der Waals surface area contributed by atoms with Gasteiger partial charge in [-0.3, -0.25) is 0 Å². The predicted molar refractivity (Wildman–Crippen MR) is 327 cm³/mol. The van der Waals surface area contributed by atoms with Gasteiger partial charge in [-0.2, -0.15) is 0 Å². The highest BCUT2D eigenvalue weighted by Gasteiger charge is 2.23. The minimum Gasteiger partial charge on any atom is -0.455 e. The van der Waals surface area contributed by atoms with Crippen LogP contribution in [0.4, 0.5) is 0 Å². The van der Waals surface area contributed by atoms with E-state index in [1.54, 1.807) is 0 Å². The molecule has 0 N–H and O–H groups in total. The number of fused-ring (bicyclic) bond motifs is 7. The summed E-state index contributed by atoms with van der Waals surface area (Å²) in [6.45, 7) is 0. The zero-order chi connectivity index (χ0) is 50.8. The van der Waals surface area contributed by atoms with Gasteiger partial charge in [0, 0.05) is 21.9 Å². The van der Waals surface area contributed by atoms with E-state index in [1.165, 1.54) is 121 Å². The minimum atomic E-state index is 0.865. The van der Waals surface area contributed by atoms with Crippen LogP contribution in [0.3, 0.4) is 0 Å². The third-order valence-electron chi connectivity index (χ3n) is 15.8. The monoisotopic (exact) mass is 976 g/mol. The number of furan rings is 1. The molecule has 0 spiro atoms. The molecule has 0 amide bonds. The Kier molecular flexibility index (Phi) is 10.6. The molecule has 1 nitrogen and oxygen atoms in total. The third kappa shape index (κ3) is 7.55. The molecule has 0 fully saturated rings. The summed E-state index contributed by atoms with van der Waals surface area (Å²) in [6.07, 6.45) is 0. The van der Waals surface area contributed by atoms with Gasteiger partial charge in [0.25, 0.3) is 0 Å². The molecule has 1 heterocycles. The quantitative estimate of drug-likeness (QED) is 0.138. The predicted octanol–water partition coefficient (Wildman–Crippen LogP) is 21.5. The first kappa shape index (κ1) is 44.4. The van der Waals surface area contributed by atoms with Gasteiger partial charge in [0.05, 0.1) is 0 Å². The van der Waals surface area contributed by atoms with Crippen LogP contribution in [-0.2, 0) is 0 Å². The molecule has 1 aromatic heterocycles. The molecule has 0 aliphatic heterocycles. The Bertz CT molecular complexity index is 4530. The van der Waals surface area contributed by atoms with E-state index in [1.807, 2.05) is 0 Å². The Morgan fingerprint density at radius 2 is 0.468 bits per heavy atom. The van der Waals surface area contributed by atoms with Crippen molar-refractivity contribution in [3.8, 4) is 89.0 Å². The second-order valence-corrected chi connectivity index (χ2v) is 20.2. The topological polar surface area (TPSA) is 13.1 Å². The number of hydrogen-bond donors (Lipinski definition) is 0. The SMILES string of the molecule is c1ccc(-c2cc(-c3ccccc3)cc(-c3c4ccccc4c(-c4ccc5oc6c(-c7c8ccccc8c(-c8cc(-c9ccccc9)cc(-c9ccccc9)c8)c8ccccc78)cccc6c5c4)c4ccccc34)c2)cc1. The van der Waals surface area contributed by atoms with Crippen LogP contribution >= 0.6 is 0 Å². The Morgan fingerprint density at radius 3 is 0.831 bits per heavy atom. The number of benzene rings is 14.